The first kappa shape index (κ1) is 16.0. The number of alkyl halides is 6. The van der Waals surface area contributed by atoms with Gasteiger partial charge in [-0.2, -0.15) is 26.3 Å². The lowest BCUT2D eigenvalue weighted by molar-refractivity contribution is -0.338. The molecule has 21 heavy (non-hydrogen) atoms. The van der Waals surface area contributed by atoms with Crippen LogP contribution in [-0.4, -0.2) is 41.0 Å². The van der Waals surface area contributed by atoms with Crippen molar-refractivity contribution in [3.63, 3.8) is 0 Å². The van der Waals surface area contributed by atoms with Crippen LogP contribution in [0.1, 0.15) is 20.3 Å². The van der Waals surface area contributed by atoms with Crippen LogP contribution in [0.2, 0.25) is 0 Å². The summed E-state index contributed by atoms with van der Waals surface area (Å²) in [5.74, 6) is -1.85. The maximum atomic E-state index is 13.3. The molecule has 2 aliphatic rings. The standard InChI is InChI=1S/C12H13F6NO2/c1-6(2)21-9(20)19-8-4-3-7(5-8)10(19,11(13,14)15)12(16,17)18/h3-4,6-8H,5H2,1-2H3/t7-,8-/m1/s1. The lowest BCUT2D eigenvalue weighted by atomic mass is 9.83. The average molecular weight is 317 g/mol. The summed E-state index contributed by atoms with van der Waals surface area (Å²) in [5, 5.41) is 0. The minimum Gasteiger partial charge on any atom is -0.447 e. The molecule has 0 aromatic heterocycles. The number of rotatable bonds is 1. The van der Waals surface area contributed by atoms with Crippen molar-refractivity contribution in [3.05, 3.63) is 12.2 Å². The second-order valence-electron chi connectivity index (χ2n) is 5.36. The Morgan fingerprint density at radius 2 is 1.71 bits per heavy atom. The zero-order chi connectivity index (χ0) is 16.2. The van der Waals surface area contributed by atoms with Gasteiger partial charge >= 0.3 is 18.4 Å². The minimum absolute atomic E-state index is 0.197. The fourth-order valence-electron chi connectivity index (χ4n) is 3.01. The van der Waals surface area contributed by atoms with Crippen molar-refractivity contribution in [2.75, 3.05) is 0 Å². The molecule has 0 radical (unpaired) electrons. The summed E-state index contributed by atoms with van der Waals surface area (Å²) in [4.78, 5) is 11.6. The Labute approximate surface area is 116 Å². The second-order valence-corrected chi connectivity index (χ2v) is 5.36. The Hall–Kier alpha value is -1.41. The summed E-state index contributed by atoms with van der Waals surface area (Å²) in [6.45, 7) is 2.70. The van der Waals surface area contributed by atoms with E-state index in [1.807, 2.05) is 0 Å². The van der Waals surface area contributed by atoms with E-state index in [0.717, 1.165) is 6.08 Å². The molecule has 1 aliphatic heterocycles. The number of likely N-dealkylation sites (tertiary alicyclic amines) is 1. The number of amides is 1. The Bertz CT molecular complexity index is 453. The van der Waals surface area contributed by atoms with E-state index in [-0.39, 0.29) is 4.90 Å². The Balaban J connectivity index is 2.56. The summed E-state index contributed by atoms with van der Waals surface area (Å²) in [5.41, 5.74) is -4.22. The first-order valence-electron chi connectivity index (χ1n) is 6.24. The van der Waals surface area contributed by atoms with Crippen LogP contribution < -0.4 is 0 Å². The number of hydrogen-bond acceptors (Lipinski definition) is 2. The predicted molar refractivity (Wildman–Crippen MR) is 59.3 cm³/mol. The quantitative estimate of drug-likeness (QED) is 0.546. The average Bonchev–Trinajstić information content (AvgIpc) is 2.82. The van der Waals surface area contributed by atoms with Crippen LogP contribution >= 0.6 is 0 Å². The van der Waals surface area contributed by atoms with Gasteiger partial charge in [-0.15, -0.1) is 0 Å². The van der Waals surface area contributed by atoms with Gasteiger partial charge in [0.15, 0.2) is 0 Å². The Morgan fingerprint density at radius 3 is 2.14 bits per heavy atom. The third-order valence-electron chi connectivity index (χ3n) is 3.71. The van der Waals surface area contributed by atoms with E-state index in [4.69, 9.17) is 0 Å². The highest BCUT2D eigenvalue weighted by atomic mass is 19.4. The third kappa shape index (κ3) is 2.08. The van der Waals surface area contributed by atoms with Gasteiger partial charge in [0.1, 0.15) is 0 Å². The molecular weight excluding hydrogens is 304 g/mol. The van der Waals surface area contributed by atoms with Crippen molar-refractivity contribution in [1.82, 2.24) is 4.90 Å². The molecule has 1 saturated heterocycles. The molecule has 2 atom stereocenters. The van der Waals surface area contributed by atoms with E-state index < -0.39 is 48.5 Å². The van der Waals surface area contributed by atoms with Gasteiger partial charge in [-0.25, -0.2) is 4.79 Å². The molecule has 0 unspecified atom stereocenters. The fourth-order valence-corrected chi connectivity index (χ4v) is 3.01. The van der Waals surface area contributed by atoms with E-state index in [1.165, 1.54) is 19.9 Å². The lowest BCUT2D eigenvalue weighted by Gasteiger charge is -2.45. The molecule has 1 aliphatic carbocycles. The molecule has 0 aromatic rings. The number of ether oxygens (including phenoxy) is 1. The van der Waals surface area contributed by atoms with E-state index in [0.29, 0.717) is 0 Å². The number of fused-ring (bicyclic) bond motifs is 2. The van der Waals surface area contributed by atoms with Crippen molar-refractivity contribution < 1.29 is 35.9 Å². The topological polar surface area (TPSA) is 29.5 Å². The molecule has 0 saturated carbocycles. The van der Waals surface area contributed by atoms with E-state index in [9.17, 15) is 31.1 Å². The molecule has 120 valence electrons. The van der Waals surface area contributed by atoms with Crippen molar-refractivity contribution in [3.8, 4) is 0 Å². The van der Waals surface area contributed by atoms with Crippen LogP contribution in [0.3, 0.4) is 0 Å². The van der Waals surface area contributed by atoms with Crippen LogP contribution in [-0.2, 0) is 4.74 Å². The first-order chi connectivity index (χ1) is 9.43. The van der Waals surface area contributed by atoms with Gasteiger partial charge in [0, 0.05) is 5.92 Å². The predicted octanol–water partition coefficient (Wildman–Crippen LogP) is 3.66. The van der Waals surface area contributed by atoms with E-state index >= 15 is 0 Å². The molecular formula is C12H13F6NO2. The Kier molecular flexibility index (Phi) is 3.45. The summed E-state index contributed by atoms with van der Waals surface area (Å²) in [6.07, 6.45) is -12.1. The number of carbonyl (C=O) groups excluding carboxylic acids is 1. The van der Waals surface area contributed by atoms with Gasteiger partial charge < -0.3 is 4.74 Å². The van der Waals surface area contributed by atoms with E-state index in [1.54, 1.807) is 0 Å². The highest BCUT2D eigenvalue weighted by Gasteiger charge is 2.82. The summed E-state index contributed by atoms with van der Waals surface area (Å²) in [6, 6.07) is -1.26. The number of nitrogens with zero attached hydrogens (tertiary/aromatic N) is 1. The monoisotopic (exact) mass is 317 g/mol. The molecule has 1 fully saturated rings. The largest absolute Gasteiger partial charge is 0.447 e. The maximum absolute atomic E-state index is 13.3. The summed E-state index contributed by atoms with van der Waals surface area (Å²) >= 11 is 0. The second kappa shape index (κ2) is 4.54. The molecule has 0 spiro atoms. The zero-order valence-electron chi connectivity index (χ0n) is 11.1. The number of halogens is 6. The van der Waals surface area contributed by atoms with Crippen molar-refractivity contribution in [2.24, 2.45) is 5.92 Å². The van der Waals surface area contributed by atoms with Gasteiger partial charge in [0.25, 0.3) is 0 Å². The van der Waals surface area contributed by atoms with Crippen LogP contribution in [0.15, 0.2) is 12.2 Å². The van der Waals surface area contributed by atoms with Crippen molar-refractivity contribution in [2.45, 2.75) is 50.3 Å². The molecule has 3 nitrogen and oxygen atoms in total. The molecule has 9 heteroatoms. The molecule has 0 aromatic carbocycles. The SMILES string of the molecule is CC(C)OC(=O)N1[C@@H]2C=C[C@H](C2)C1(C(F)(F)F)C(F)(F)F. The van der Waals surface area contributed by atoms with Gasteiger partial charge in [-0.1, -0.05) is 12.2 Å². The smallest absolute Gasteiger partial charge is 0.421 e. The lowest BCUT2D eigenvalue weighted by Crippen LogP contribution is -2.70. The van der Waals surface area contributed by atoms with Gasteiger partial charge in [0.05, 0.1) is 12.1 Å². The number of hydrogen-bond donors (Lipinski definition) is 0. The third-order valence-corrected chi connectivity index (χ3v) is 3.71. The van der Waals surface area contributed by atoms with Gasteiger partial charge in [-0.05, 0) is 20.3 Å². The first-order valence-corrected chi connectivity index (χ1v) is 6.24. The molecule has 1 amide bonds. The highest BCUT2D eigenvalue weighted by molar-refractivity contribution is 5.72. The Morgan fingerprint density at radius 1 is 1.19 bits per heavy atom. The number of carbonyl (C=O) groups is 1. The van der Waals surface area contributed by atoms with Gasteiger partial charge in [-0.3, -0.25) is 4.90 Å². The normalized spacial score (nSPS) is 27.6. The van der Waals surface area contributed by atoms with Crippen molar-refractivity contribution >= 4 is 6.09 Å². The summed E-state index contributed by atoms with van der Waals surface area (Å²) in [7, 11) is 0. The summed E-state index contributed by atoms with van der Waals surface area (Å²) < 4.78 is 84.5. The van der Waals surface area contributed by atoms with Crippen molar-refractivity contribution in [1.29, 1.82) is 0 Å². The van der Waals surface area contributed by atoms with Crippen LogP contribution in [0, 0.1) is 5.92 Å². The van der Waals surface area contributed by atoms with Crippen LogP contribution in [0.5, 0.6) is 0 Å². The molecule has 2 rings (SSSR count). The van der Waals surface area contributed by atoms with Crippen LogP contribution in [0.4, 0.5) is 31.1 Å². The van der Waals surface area contributed by atoms with Gasteiger partial charge in [0.2, 0.25) is 5.54 Å². The fraction of sp³-hybridized carbons (Fsp3) is 0.750. The molecule has 2 bridgehead atoms. The highest BCUT2D eigenvalue weighted by Crippen LogP contribution is 2.60. The maximum Gasteiger partial charge on any atom is 0.421 e. The molecule has 1 heterocycles. The van der Waals surface area contributed by atoms with E-state index in [2.05, 4.69) is 4.74 Å². The minimum atomic E-state index is -5.65. The molecule has 0 N–H and O–H groups in total. The van der Waals surface area contributed by atoms with Crippen LogP contribution in [0.25, 0.3) is 0 Å². The zero-order valence-corrected chi connectivity index (χ0v) is 11.1.